The molecule has 0 radical (unpaired) electrons. The highest BCUT2D eigenvalue weighted by Crippen LogP contribution is 2.14. The number of nitrogens with two attached hydrogens (primary N) is 1. The van der Waals surface area contributed by atoms with Crippen molar-refractivity contribution in [1.29, 1.82) is 0 Å². The van der Waals surface area contributed by atoms with E-state index in [9.17, 15) is 8.42 Å². The van der Waals surface area contributed by atoms with Crippen LogP contribution in [0.3, 0.4) is 0 Å². The van der Waals surface area contributed by atoms with Crippen molar-refractivity contribution in [2.45, 2.75) is 23.9 Å². The first-order valence-electron chi connectivity index (χ1n) is 5.51. The molecule has 0 bridgehead atoms. The highest BCUT2D eigenvalue weighted by atomic mass is 32.2. The topological polar surface area (TPSA) is 81.4 Å². The van der Waals surface area contributed by atoms with E-state index in [2.05, 4.69) is 4.72 Å². The Hall–Kier alpha value is -0.950. The van der Waals surface area contributed by atoms with Gasteiger partial charge < -0.3 is 10.5 Å². The summed E-state index contributed by atoms with van der Waals surface area (Å²) in [5, 5.41) is 0. The van der Waals surface area contributed by atoms with E-state index in [1.165, 1.54) is 0 Å². The standard InChI is InChI=1S/C11H16N2O3S/c12-7-9-2-1-3-11(6-9)17(14,15)13-10-4-5-16-8-10/h1-3,6,10,13H,4-5,7-8,12H2. The van der Waals surface area contributed by atoms with Crippen molar-refractivity contribution < 1.29 is 13.2 Å². The minimum Gasteiger partial charge on any atom is -0.380 e. The van der Waals surface area contributed by atoms with Crippen LogP contribution in [0.25, 0.3) is 0 Å². The van der Waals surface area contributed by atoms with E-state index in [0.717, 1.165) is 12.0 Å². The van der Waals surface area contributed by atoms with E-state index < -0.39 is 10.0 Å². The van der Waals surface area contributed by atoms with E-state index in [-0.39, 0.29) is 10.9 Å². The first-order valence-corrected chi connectivity index (χ1v) is 6.99. The second-order valence-electron chi connectivity index (χ2n) is 4.03. The molecule has 1 aliphatic rings. The second-order valence-corrected chi connectivity index (χ2v) is 5.75. The van der Waals surface area contributed by atoms with Crippen LogP contribution in [0.1, 0.15) is 12.0 Å². The van der Waals surface area contributed by atoms with Gasteiger partial charge in [-0.05, 0) is 24.1 Å². The molecule has 5 nitrogen and oxygen atoms in total. The Kier molecular flexibility index (Phi) is 3.78. The zero-order chi connectivity index (χ0) is 12.3. The molecule has 17 heavy (non-hydrogen) atoms. The normalized spacial score (nSPS) is 20.6. The van der Waals surface area contributed by atoms with Crippen molar-refractivity contribution in [3.8, 4) is 0 Å². The SMILES string of the molecule is NCc1cccc(S(=O)(=O)NC2CCOC2)c1. The van der Waals surface area contributed by atoms with E-state index in [0.29, 0.717) is 19.8 Å². The summed E-state index contributed by atoms with van der Waals surface area (Å²) >= 11 is 0. The van der Waals surface area contributed by atoms with Gasteiger partial charge in [-0.3, -0.25) is 0 Å². The zero-order valence-electron chi connectivity index (χ0n) is 9.43. The van der Waals surface area contributed by atoms with Crippen LogP contribution < -0.4 is 10.5 Å². The van der Waals surface area contributed by atoms with Gasteiger partial charge in [0, 0.05) is 19.2 Å². The molecule has 1 saturated heterocycles. The van der Waals surface area contributed by atoms with Gasteiger partial charge in [-0.15, -0.1) is 0 Å². The van der Waals surface area contributed by atoms with Crippen molar-refractivity contribution >= 4 is 10.0 Å². The molecule has 0 amide bonds. The molecule has 1 heterocycles. The summed E-state index contributed by atoms with van der Waals surface area (Å²) in [6.07, 6.45) is 0.718. The predicted molar refractivity (Wildman–Crippen MR) is 63.9 cm³/mol. The molecule has 0 spiro atoms. The fourth-order valence-corrected chi connectivity index (χ4v) is 3.08. The molecule has 1 aromatic carbocycles. The lowest BCUT2D eigenvalue weighted by Crippen LogP contribution is -2.35. The van der Waals surface area contributed by atoms with E-state index in [1.54, 1.807) is 24.3 Å². The largest absolute Gasteiger partial charge is 0.380 e. The maximum absolute atomic E-state index is 12.0. The Morgan fingerprint density at radius 2 is 2.29 bits per heavy atom. The molecule has 0 aliphatic carbocycles. The molecule has 0 aromatic heterocycles. The van der Waals surface area contributed by atoms with E-state index in [1.807, 2.05) is 0 Å². The summed E-state index contributed by atoms with van der Waals surface area (Å²) in [5.41, 5.74) is 6.29. The minimum atomic E-state index is -3.46. The van der Waals surface area contributed by atoms with Crippen LogP contribution in [-0.2, 0) is 21.3 Å². The fraction of sp³-hybridized carbons (Fsp3) is 0.455. The molecule has 2 rings (SSSR count). The first kappa shape index (κ1) is 12.5. The number of rotatable bonds is 4. The molecule has 3 N–H and O–H groups in total. The van der Waals surface area contributed by atoms with Gasteiger partial charge in [-0.2, -0.15) is 0 Å². The average Bonchev–Trinajstić information content (AvgIpc) is 2.81. The second kappa shape index (κ2) is 5.14. The molecular formula is C11H16N2O3S. The monoisotopic (exact) mass is 256 g/mol. The number of hydrogen-bond donors (Lipinski definition) is 2. The molecule has 6 heteroatoms. The molecule has 0 saturated carbocycles. The smallest absolute Gasteiger partial charge is 0.240 e. The summed E-state index contributed by atoms with van der Waals surface area (Å²) in [4.78, 5) is 0.257. The van der Waals surface area contributed by atoms with Gasteiger partial charge in [0.05, 0.1) is 11.5 Å². The summed E-state index contributed by atoms with van der Waals surface area (Å²) in [7, 11) is -3.46. The highest BCUT2D eigenvalue weighted by Gasteiger charge is 2.23. The number of ether oxygens (including phenoxy) is 1. The lowest BCUT2D eigenvalue weighted by atomic mass is 10.2. The van der Waals surface area contributed by atoms with Crippen molar-refractivity contribution in [2.75, 3.05) is 13.2 Å². The summed E-state index contributed by atoms with van der Waals surface area (Å²) in [6.45, 7) is 1.38. The van der Waals surface area contributed by atoms with Crippen LogP contribution in [0, 0.1) is 0 Å². The predicted octanol–water partition coefficient (Wildman–Crippen LogP) is 0.213. The lowest BCUT2D eigenvalue weighted by molar-refractivity contribution is 0.192. The van der Waals surface area contributed by atoms with E-state index in [4.69, 9.17) is 10.5 Å². The number of sulfonamides is 1. The van der Waals surface area contributed by atoms with Gasteiger partial charge >= 0.3 is 0 Å². The number of nitrogens with one attached hydrogen (secondary N) is 1. The van der Waals surface area contributed by atoms with Gasteiger partial charge in [0.25, 0.3) is 0 Å². The minimum absolute atomic E-state index is 0.124. The molecule has 1 aliphatic heterocycles. The van der Waals surface area contributed by atoms with Gasteiger partial charge in [-0.1, -0.05) is 12.1 Å². The fourth-order valence-electron chi connectivity index (χ4n) is 1.75. The lowest BCUT2D eigenvalue weighted by Gasteiger charge is -2.11. The molecule has 1 fully saturated rings. The van der Waals surface area contributed by atoms with Crippen LogP contribution in [0.2, 0.25) is 0 Å². The highest BCUT2D eigenvalue weighted by molar-refractivity contribution is 7.89. The molecule has 1 unspecified atom stereocenters. The van der Waals surface area contributed by atoms with Crippen LogP contribution in [0.4, 0.5) is 0 Å². The van der Waals surface area contributed by atoms with Gasteiger partial charge in [-0.25, -0.2) is 13.1 Å². The van der Waals surface area contributed by atoms with Crippen molar-refractivity contribution in [2.24, 2.45) is 5.73 Å². The number of hydrogen-bond acceptors (Lipinski definition) is 4. The quantitative estimate of drug-likeness (QED) is 0.807. The van der Waals surface area contributed by atoms with Crippen molar-refractivity contribution in [3.63, 3.8) is 0 Å². The molecule has 1 atom stereocenters. The van der Waals surface area contributed by atoms with Crippen molar-refractivity contribution in [1.82, 2.24) is 4.72 Å². The maximum atomic E-state index is 12.0. The zero-order valence-corrected chi connectivity index (χ0v) is 10.2. The summed E-state index contributed by atoms with van der Waals surface area (Å²) in [5.74, 6) is 0. The molecule has 94 valence electrons. The van der Waals surface area contributed by atoms with E-state index >= 15 is 0 Å². The Bertz CT molecular complexity index is 481. The van der Waals surface area contributed by atoms with Crippen LogP contribution >= 0.6 is 0 Å². The van der Waals surface area contributed by atoms with Gasteiger partial charge in [0.15, 0.2) is 0 Å². The van der Waals surface area contributed by atoms with Crippen LogP contribution in [-0.4, -0.2) is 27.7 Å². The molecule has 1 aromatic rings. The third-order valence-corrected chi connectivity index (χ3v) is 4.21. The summed E-state index contributed by atoms with van der Waals surface area (Å²) < 4.78 is 31.9. The van der Waals surface area contributed by atoms with Gasteiger partial charge in [0.1, 0.15) is 0 Å². The van der Waals surface area contributed by atoms with Gasteiger partial charge in [0.2, 0.25) is 10.0 Å². The Balaban J connectivity index is 2.18. The number of benzene rings is 1. The third-order valence-electron chi connectivity index (χ3n) is 2.70. The first-order chi connectivity index (χ1) is 8.12. The summed E-state index contributed by atoms with van der Waals surface area (Å²) in [6, 6.07) is 6.54. The Morgan fingerprint density at radius 1 is 1.47 bits per heavy atom. The average molecular weight is 256 g/mol. The molecular weight excluding hydrogens is 240 g/mol. The Morgan fingerprint density at radius 3 is 2.94 bits per heavy atom. The van der Waals surface area contributed by atoms with Crippen LogP contribution in [0.15, 0.2) is 29.2 Å². The van der Waals surface area contributed by atoms with Crippen LogP contribution in [0.5, 0.6) is 0 Å². The maximum Gasteiger partial charge on any atom is 0.240 e. The third kappa shape index (κ3) is 3.04. The van der Waals surface area contributed by atoms with Crippen molar-refractivity contribution in [3.05, 3.63) is 29.8 Å². The Labute approximate surface area is 101 Å².